The van der Waals surface area contributed by atoms with Crippen LogP contribution < -0.4 is 5.32 Å². The number of benzene rings is 1. The van der Waals surface area contributed by atoms with Crippen molar-refractivity contribution in [2.75, 3.05) is 18.9 Å². The number of nitrogens with zero attached hydrogens (tertiary/aromatic N) is 2. The Balaban J connectivity index is 1.83. The summed E-state index contributed by atoms with van der Waals surface area (Å²) >= 11 is 0. The smallest absolute Gasteiger partial charge is 0.238 e. The zero-order valence-corrected chi connectivity index (χ0v) is 12.6. The molecule has 0 heterocycles. The van der Waals surface area contributed by atoms with Gasteiger partial charge < -0.3 is 5.32 Å². The summed E-state index contributed by atoms with van der Waals surface area (Å²) in [6.07, 6.45) is 7.57. The maximum Gasteiger partial charge on any atom is 0.238 e. The first-order valence-corrected chi connectivity index (χ1v) is 7.69. The second-order valence-corrected chi connectivity index (χ2v) is 5.80. The summed E-state index contributed by atoms with van der Waals surface area (Å²) in [7, 11) is 2.04. The molecular weight excluding hydrogens is 262 g/mol. The van der Waals surface area contributed by atoms with Crippen LogP contribution in [0.1, 0.15) is 44.1 Å². The number of likely N-dealkylation sites (N-methyl/N-ethyl adjacent to an activating group) is 1. The summed E-state index contributed by atoms with van der Waals surface area (Å²) in [4.78, 5) is 14.3. The van der Waals surface area contributed by atoms with E-state index in [1.165, 1.54) is 38.5 Å². The third-order valence-electron chi connectivity index (χ3n) is 4.14. The first-order chi connectivity index (χ1) is 10.2. The fourth-order valence-corrected chi connectivity index (χ4v) is 2.88. The van der Waals surface area contributed by atoms with Gasteiger partial charge in [-0.3, -0.25) is 9.69 Å². The number of hydrogen-bond donors (Lipinski definition) is 1. The molecule has 1 aliphatic carbocycles. The van der Waals surface area contributed by atoms with Crippen LogP contribution in [0.25, 0.3) is 0 Å². The van der Waals surface area contributed by atoms with E-state index in [0.717, 1.165) is 5.69 Å². The van der Waals surface area contributed by atoms with Gasteiger partial charge in [-0.05, 0) is 44.2 Å². The van der Waals surface area contributed by atoms with Crippen molar-refractivity contribution < 1.29 is 4.79 Å². The number of nitrogens with one attached hydrogen (secondary N) is 1. The van der Waals surface area contributed by atoms with E-state index in [1.54, 1.807) is 24.3 Å². The molecule has 112 valence electrons. The van der Waals surface area contributed by atoms with Gasteiger partial charge in [0, 0.05) is 11.7 Å². The molecule has 1 amide bonds. The van der Waals surface area contributed by atoms with Crippen LogP contribution in [0.4, 0.5) is 5.69 Å². The average Bonchev–Trinajstić information content (AvgIpc) is 2.77. The Morgan fingerprint density at radius 3 is 2.43 bits per heavy atom. The molecule has 1 aromatic carbocycles. The van der Waals surface area contributed by atoms with Gasteiger partial charge in [0.25, 0.3) is 0 Å². The second-order valence-electron chi connectivity index (χ2n) is 5.80. The van der Waals surface area contributed by atoms with Crippen molar-refractivity contribution in [3.63, 3.8) is 0 Å². The topological polar surface area (TPSA) is 56.1 Å². The zero-order valence-electron chi connectivity index (χ0n) is 12.6. The van der Waals surface area contributed by atoms with Gasteiger partial charge in [-0.2, -0.15) is 5.26 Å². The minimum atomic E-state index is 0.00598. The van der Waals surface area contributed by atoms with Crippen LogP contribution in [0.15, 0.2) is 24.3 Å². The third kappa shape index (κ3) is 4.87. The molecule has 0 aliphatic heterocycles. The van der Waals surface area contributed by atoms with Crippen LogP contribution in [-0.2, 0) is 4.79 Å². The highest BCUT2D eigenvalue weighted by Gasteiger charge is 2.18. The van der Waals surface area contributed by atoms with Crippen molar-refractivity contribution in [2.45, 2.75) is 44.6 Å². The molecule has 1 aromatic rings. The van der Waals surface area contributed by atoms with E-state index in [0.29, 0.717) is 18.2 Å². The second kappa shape index (κ2) is 7.80. The highest BCUT2D eigenvalue weighted by molar-refractivity contribution is 5.92. The predicted octanol–water partition coefficient (Wildman–Crippen LogP) is 3.15. The highest BCUT2D eigenvalue weighted by Crippen LogP contribution is 2.21. The Morgan fingerprint density at radius 2 is 1.86 bits per heavy atom. The Kier molecular flexibility index (Phi) is 5.77. The normalized spacial score (nSPS) is 16.2. The number of hydrogen-bond acceptors (Lipinski definition) is 3. The number of rotatable bonds is 4. The Hall–Kier alpha value is -1.86. The lowest BCUT2D eigenvalue weighted by Crippen LogP contribution is -2.37. The summed E-state index contributed by atoms with van der Waals surface area (Å²) in [5, 5.41) is 11.6. The minimum absolute atomic E-state index is 0.00598. The van der Waals surface area contributed by atoms with Crippen LogP contribution in [0, 0.1) is 11.3 Å². The Bertz CT molecular complexity index is 496. The molecule has 1 saturated carbocycles. The fraction of sp³-hybridized carbons (Fsp3) is 0.529. The molecule has 4 nitrogen and oxygen atoms in total. The number of carbonyl (C=O) groups excluding carboxylic acids is 1. The van der Waals surface area contributed by atoms with E-state index >= 15 is 0 Å². The van der Waals surface area contributed by atoms with E-state index in [-0.39, 0.29) is 5.91 Å². The van der Waals surface area contributed by atoms with Crippen molar-refractivity contribution in [3.8, 4) is 6.07 Å². The van der Waals surface area contributed by atoms with E-state index in [4.69, 9.17) is 5.26 Å². The SMILES string of the molecule is CN(CC(=O)Nc1ccc(C#N)cc1)C1CCCCCC1. The van der Waals surface area contributed by atoms with Gasteiger partial charge in [-0.25, -0.2) is 0 Å². The summed E-state index contributed by atoms with van der Waals surface area (Å²) < 4.78 is 0. The molecular formula is C17H23N3O. The maximum absolute atomic E-state index is 12.1. The molecule has 21 heavy (non-hydrogen) atoms. The van der Waals surface area contributed by atoms with Gasteiger partial charge in [-0.1, -0.05) is 25.7 Å². The van der Waals surface area contributed by atoms with Gasteiger partial charge in [0.2, 0.25) is 5.91 Å². The number of nitriles is 1. The van der Waals surface area contributed by atoms with Gasteiger partial charge in [-0.15, -0.1) is 0 Å². The standard InChI is InChI=1S/C17H23N3O/c1-20(16-6-4-2-3-5-7-16)13-17(21)19-15-10-8-14(12-18)9-11-15/h8-11,16H,2-7,13H2,1H3,(H,19,21). The number of anilines is 1. The van der Waals surface area contributed by atoms with Crippen LogP contribution in [-0.4, -0.2) is 30.4 Å². The molecule has 1 fully saturated rings. The molecule has 0 radical (unpaired) electrons. The molecule has 4 heteroatoms. The monoisotopic (exact) mass is 285 g/mol. The summed E-state index contributed by atoms with van der Waals surface area (Å²) in [6, 6.07) is 9.55. The zero-order chi connectivity index (χ0) is 15.1. The van der Waals surface area contributed by atoms with E-state index in [1.807, 2.05) is 7.05 Å². The van der Waals surface area contributed by atoms with Crippen molar-refractivity contribution in [1.82, 2.24) is 4.90 Å². The Morgan fingerprint density at radius 1 is 1.24 bits per heavy atom. The van der Waals surface area contributed by atoms with Crippen molar-refractivity contribution >= 4 is 11.6 Å². The van der Waals surface area contributed by atoms with Gasteiger partial charge in [0.1, 0.15) is 0 Å². The van der Waals surface area contributed by atoms with Crippen LogP contribution in [0.3, 0.4) is 0 Å². The molecule has 0 saturated heterocycles. The number of carbonyl (C=O) groups is 1. The number of amides is 1. The molecule has 0 aromatic heterocycles. The van der Waals surface area contributed by atoms with Crippen molar-refractivity contribution in [2.24, 2.45) is 0 Å². The Labute approximate surface area is 126 Å². The molecule has 0 bridgehead atoms. The predicted molar refractivity (Wildman–Crippen MR) is 83.9 cm³/mol. The summed E-state index contributed by atoms with van der Waals surface area (Å²) in [5.74, 6) is 0.00598. The molecule has 1 aliphatic rings. The lowest BCUT2D eigenvalue weighted by Gasteiger charge is -2.26. The van der Waals surface area contributed by atoms with Gasteiger partial charge in [0.15, 0.2) is 0 Å². The molecule has 2 rings (SSSR count). The van der Waals surface area contributed by atoms with E-state index < -0.39 is 0 Å². The quantitative estimate of drug-likeness (QED) is 0.865. The van der Waals surface area contributed by atoms with Crippen molar-refractivity contribution in [1.29, 1.82) is 5.26 Å². The van der Waals surface area contributed by atoms with Crippen LogP contribution in [0.2, 0.25) is 0 Å². The van der Waals surface area contributed by atoms with Gasteiger partial charge in [0.05, 0.1) is 18.2 Å². The van der Waals surface area contributed by atoms with Crippen LogP contribution >= 0.6 is 0 Å². The maximum atomic E-state index is 12.1. The lowest BCUT2D eigenvalue weighted by atomic mass is 10.1. The molecule has 1 N–H and O–H groups in total. The molecule has 0 unspecified atom stereocenters. The largest absolute Gasteiger partial charge is 0.325 e. The minimum Gasteiger partial charge on any atom is -0.325 e. The molecule has 0 atom stereocenters. The van der Waals surface area contributed by atoms with Gasteiger partial charge >= 0.3 is 0 Å². The third-order valence-corrected chi connectivity index (χ3v) is 4.14. The van der Waals surface area contributed by atoms with E-state index in [9.17, 15) is 4.79 Å². The summed E-state index contributed by atoms with van der Waals surface area (Å²) in [6.45, 7) is 0.421. The first-order valence-electron chi connectivity index (χ1n) is 7.69. The van der Waals surface area contributed by atoms with E-state index in [2.05, 4.69) is 16.3 Å². The van der Waals surface area contributed by atoms with Crippen molar-refractivity contribution in [3.05, 3.63) is 29.8 Å². The van der Waals surface area contributed by atoms with Crippen LogP contribution in [0.5, 0.6) is 0 Å². The average molecular weight is 285 g/mol. The summed E-state index contributed by atoms with van der Waals surface area (Å²) in [5.41, 5.74) is 1.34. The first kappa shape index (κ1) is 15.5. The highest BCUT2D eigenvalue weighted by atomic mass is 16.2. The lowest BCUT2D eigenvalue weighted by molar-refractivity contribution is -0.117. The fourth-order valence-electron chi connectivity index (χ4n) is 2.88. The molecule has 0 spiro atoms.